The number of carbonyl (C=O) groups is 1. The zero-order chi connectivity index (χ0) is 19.4. The van der Waals surface area contributed by atoms with Crippen molar-refractivity contribution in [2.75, 3.05) is 5.75 Å². The Morgan fingerprint density at radius 3 is 2.44 bits per heavy atom. The molecule has 0 N–H and O–H groups in total. The summed E-state index contributed by atoms with van der Waals surface area (Å²) in [5, 5.41) is 18.7. The molecule has 1 heterocycles. The molecular weight excluding hydrogens is 370 g/mol. The van der Waals surface area contributed by atoms with Crippen molar-refractivity contribution >= 4 is 23.4 Å². The van der Waals surface area contributed by atoms with Crippen molar-refractivity contribution < 1.29 is 18.9 Å². The highest BCUT2D eigenvalue weighted by molar-refractivity contribution is 7.99. The first kappa shape index (κ1) is 18.6. The minimum absolute atomic E-state index is 0.00959. The van der Waals surface area contributed by atoms with Gasteiger partial charge in [-0.05, 0) is 37.1 Å². The van der Waals surface area contributed by atoms with E-state index in [1.165, 1.54) is 24.3 Å². The molecule has 0 aliphatic carbocycles. The number of nitro groups is 1. The lowest BCUT2D eigenvalue weighted by atomic mass is 10.1. The number of carbonyl (C=O) groups excluding carboxylic acids is 1. The van der Waals surface area contributed by atoms with E-state index in [0.717, 1.165) is 22.9 Å². The van der Waals surface area contributed by atoms with E-state index in [4.69, 9.17) is 9.15 Å². The van der Waals surface area contributed by atoms with Crippen LogP contribution >= 0.6 is 11.8 Å². The summed E-state index contributed by atoms with van der Waals surface area (Å²) in [6, 6.07) is 11.4. The minimum atomic E-state index is -0.485. The van der Waals surface area contributed by atoms with Crippen LogP contribution in [0, 0.1) is 24.0 Å². The molecule has 0 bridgehead atoms. The van der Waals surface area contributed by atoms with Crippen LogP contribution in [0.2, 0.25) is 0 Å². The van der Waals surface area contributed by atoms with E-state index in [-0.39, 0.29) is 22.6 Å². The van der Waals surface area contributed by atoms with E-state index < -0.39 is 10.9 Å². The van der Waals surface area contributed by atoms with Crippen LogP contribution in [-0.2, 0) is 4.79 Å². The second-order valence-corrected chi connectivity index (χ2v) is 6.59. The largest absolute Gasteiger partial charge is 0.425 e. The SMILES string of the molecule is Cc1cccc(C)c1OC(=O)CSc1nnc(-c2ccc([N+](=O)[O-])cc2)o1. The number of ether oxygens (including phenoxy) is 1. The molecule has 138 valence electrons. The minimum Gasteiger partial charge on any atom is -0.425 e. The smallest absolute Gasteiger partial charge is 0.321 e. The molecule has 0 saturated carbocycles. The van der Waals surface area contributed by atoms with Gasteiger partial charge in [-0.1, -0.05) is 30.0 Å². The number of para-hydroxylation sites is 1. The monoisotopic (exact) mass is 385 g/mol. The summed E-state index contributed by atoms with van der Waals surface area (Å²) in [5.74, 6) is 0.360. The van der Waals surface area contributed by atoms with Gasteiger partial charge in [0.2, 0.25) is 5.89 Å². The molecule has 3 aromatic rings. The van der Waals surface area contributed by atoms with Crippen molar-refractivity contribution in [3.63, 3.8) is 0 Å². The predicted molar refractivity (Wildman–Crippen MR) is 98.7 cm³/mol. The molecule has 2 aromatic carbocycles. The number of nitro benzene ring substituents is 1. The topological polar surface area (TPSA) is 108 Å². The van der Waals surface area contributed by atoms with Crippen molar-refractivity contribution in [3.8, 4) is 17.2 Å². The lowest BCUT2D eigenvalue weighted by Gasteiger charge is -2.09. The van der Waals surface area contributed by atoms with Gasteiger partial charge in [0.25, 0.3) is 10.9 Å². The molecule has 0 fully saturated rings. The zero-order valence-electron chi connectivity index (χ0n) is 14.5. The van der Waals surface area contributed by atoms with Crippen LogP contribution in [0.25, 0.3) is 11.5 Å². The number of benzene rings is 2. The quantitative estimate of drug-likeness (QED) is 0.206. The molecule has 0 atom stereocenters. The Balaban J connectivity index is 1.61. The number of thioether (sulfide) groups is 1. The van der Waals surface area contributed by atoms with Gasteiger partial charge in [0.15, 0.2) is 0 Å². The highest BCUT2D eigenvalue weighted by Gasteiger charge is 2.15. The molecule has 0 aliphatic heterocycles. The number of aryl methyl sites for hydroxylation is 2. The van der Waals surface area contributed by atoms with Gasteiger partial charge in [-0.15, -0.1) is 10.2 Å². The molecule has 0 radical (unpaired) electrons. The van der Waals surface area contributed by atoms with Gasteiger partial charge in [0, 0.05) is 17.7 Å². The Morgan fingerprint density at radius 2 is 1.81 bits per heavy atom. The Labute approximate surface area is 158 Å². The molecule has 0 unspecified atom stereocenters. The van der Waals surface area contributed by atoms with E-state index in [0.29, 0.717) is 11.3 Å². The van der Waals surface area contributed by atoms with E-state index in [1.807, 2.05) is 32.0 Å². The van der Waals surface area contributed by atoms with Crippen molar-refractivity contribution in [3.05, 3.63) is 63.7 Å². The maximum absolute atomic E-state index is 12.1. The van der Waals surface area contributed by atoms with E-state index >= 15 is 0 Å². The Morgan fingerprint density at radius 1 is 1.15 bits per heavy atom. The molecule has 0 saturated heterocycles. The number of aromatic nitrogens is 2. The Bertz CT molecular complexity index is 965. The van der Waals surface area contributed by atoms with E-state index in [9.17, 15) is 14.9 Å². The Hall–Kier alpha value is -3.20. The number of nitrogens with zero attached hydrogens (tertiary/aromatic N) is 3. The van der Waals surface area contributed by atoms with E-state index in [1.54, 1.807) is 0 Å². The van der Waals surface area contributed by atoms with Gasteiger partial charge in [-0.2, -0.15) is 0 Å². The van der Waals surface area contributed by atoms with E-state index in [2.05, 4.69) is 10.2 Å². The van der Waals surface area contributed by atoms with Crippen LogP contribution in [-0.4, -0.2) is 26.8 Å². The van der Waals surface area contributed by atoms with Gasteiger partial charge in [-0.3, -0.25) is 14.9 Å². The summed E-state index contributed by atoms with van der Waals surface area (Å²) >= 11 is 1.06. The summed E-state index contributed by atoms with van der Waals surface area (Å²) in [7, 11) is 0. The van der Waals surface area contributed by atoms with Crippen molar-refractivity contribution in [2.45, 2.75) is 19.1 Å². The van der Waals surface area contributed by atoms with Gasteiger partial charge < -0.3 is 9.15 Å². The molecule has 3 rings (SSSR count). The predicted octanol–water partition coefficient (Wildman–Crippen LogP) is 3.96. The van der Waals surface area contributed by atoms with Crippen LogP contribution < -0.4 is 4.74 Å². The van der Waals surface area contributed by atoms with Crippen LogP contribution in [0.4, 0.5) is 5.69 Å². The van der Waals surface area contributed by atoms with Gasteiger partial charge in [0.1, 0.15) is 11.5 Å². The average Bonchev–Trinajstić information content (AvgIpc) is 3.12. The third-order valence-corrected chi connectivity index (χ3v) is 4.46. The van der Waals surface area contributed by atoms with Crippen molar-refractivity contribution in [1.82, 2.24) is 10.2 Å². The first-order valence-electron chi connectivity index (χ1n) is 7.92. The summed E-state index contributed by atoms with van der Waals surface area (Å²) < 4.78 is 10.9. The van der Waals surface area contributed by atoms with Gasteiger partial charge >= 0.3 is 5.97 Å². The maximum atomic E-state index is 12.1. The molecule has 8 nitrogen and oxygen atoms in total. The Kier molecular flexibility index (Phi) is 5.51. The van der Waals surface area contributed by atoms with Crippen LogP contribution in [0.5, 0.6) is 5.75 Å². The first-order chi connectivity index (χ1) is 12.9. The fourth-order valence-corrected chi connectivity index (χ4v) is 2.87. The number of non-ortho nitro benzene ring substituents is 1. The third-order valence-electron chi connectivity index (χ3n) is 3.67. The summed E-state index contributed by atoms with van der Waals surface area (Å²) in [5.41, 5.74) is 2.29. The van der Waals surface area contributed by atoms with Crippen molar-refractivity contribution in [2.24, 2.45) is 0 Å². The van der Waals surface area contributed by atoms with Crippen LogP contribution in [0.15, 0.2) is 52.1 Å². The highest BCUT2D eigenvalue weighted by Crippen LogP contribution is 2.26. The molecule has 1 aromatic heterocycles. The first-order valence-corrected chi connectivity index (χ1v) is 8.90. The van der Waals surface area contributed by atoms with Crippen molar-refractivity contribution in [1.29, 1.82) is 0 Å². The standard InChI is InChI=1S/C18H15N3O5S/c1-11-4-3-5-12(2)16(11)25-15(22)10-27-18-20-19-17(26-18)13-6-8-14(9-7-13)21(23)24/h3-9H,10H2,1-2H3. The summed E-state index contributed by atoms with van der Waals surface area (Å²) in [4.78, 5) is 22.3. The number of esters is 1. The highest BCUT2D eigenvalue weighted by atomic mass is 32.2. The number of hydrogen-bond acceptors (Lipinski definition) is 8. The third kappa shape index (κ3) is 4.50. The maximum Gasteiger partial charge on any atom is 0.321 e. The second-order valence-electron chi connectivity index (χ2n) is 5.66. The molecule has 0 amide bonds. The average molecular weight is 385 g/mol. The lowest BCUT2D eigenvalue weighted by molar-refractivity contribution is -0.384. The van der Waals surface area contributed by atoms with Crippen LogP contribution in [0.3, 0.4) is 0 Å². The molecule has 9 heteroatoms. The molecule has 0 aliphatic rings. The fourth-order valence-electron chi connectivity index (χ4n) is 2.33. The van der Waals surface area contributed by atoms with Gasteiger partial charge in [0.05, 0.1) is 4.92 Å². The van der Waals surface area contributed by atoms with Crippen LogP contribution in [0.1, 0.15) is 11.1 Å². The number of rotatable bonds is 6. The molecular formula is C18H15N3O5S. The fraction of sp³-hybridized carbons (Fsp3) is 0.167. The molecule has 0 spiro atoms. The lowest BCUT2D eigenvalue weighted by Crippen LogP contribution is -2.12. The normalized spacial score (nSPS) is 10.6. The zero-order valence-corrected chi connectivity index (χ0v) is 15.4. The van der Waals surface area contributed by atoms with Gasteiger partial charge in [-0.25, -0.2) is 0 Å². The number of hydrogen-bond donors (Lipinski definition) is 0. The second kappa shape index (κ2) is 8.00. The summed E-state index contributed by atoms with van der Waals surface area (Å²) in [6.45, 7) is 3.74. The molecule has 27 heavy (non-hydrogen) atoms. The summed E-state index contributed by atoms with van der Waals surface area (Å²) in [6.07, 6.45) is 0.